The molecular formula is C11H9BrN2O2. The first-order valence-corrected chi connectivity index (χ1v) is 5.52. The van der Waals surface area contributed by atoms with E-state index in [-0.39, 0.29) is 12.2 Å². The molecule has 4 nitrogen and oxygen atoms in total. The summed E-state index contributed by atoms with van der Waals surface area (Å²) in [5, 5.41) is 3.82. The van der Waals surface area contributed by atoms with E-state index < -0.39 is 0 Å². The minimum Gasteiger partial charge on any atom is -0.339 e. The third kappa shape index (κ3) is 2.55. The molecule has 0 saturated carbocycles. The van der Waals surface area contributed by atoms with E-state index in [2.05, 4.69) is 26.1 Å². The molecular weight excluding hydrogens is 272 g/mol. The van der Waals surface area contributed by atoms with Crippen molar-refractivity contribution in [3.05, 3.63) is 34.6 Å². The molecule has 16 heavy (non-hydrogen) atoms. The van der Waals surface area contributed by atoms with Gasteiger partial charge in [0.25, 0.3) is 0 Å². The molecule has 0 aliphatic rings. The second-order valence-corrected chi connectivity index (χ2v) is 4.32. The summed E-state index contributed by atoms with van der Waals surface area (Å²) in [6, 6.07) is 7.58. The highest BCUT2D eigenvalue weighted by Crippen LogP contribution is 2.20. The van der Waals surface area contributed by atoms with Gasteiger partial charge in [-0.25, -0.2) is 0 Å². The Hall–Kier alpha value is -1.49. The number of carbonyl (C=O) groups excluding carboxylic acids is 1. The van der Waals surface area contributed by atoms with E-state index in [4.69, 9.17) is 4.52 Å². The van der Waals surface area contributed by atoms with Crippen LogP contribution in [0.15, 0.2) is 33.3 Å². The van der Waals surface area contributed by atoms with Gasteiger partial charge in [0.15, 0.2) is 0 Å². The Labute approximate surface area is 101 Å². The van der Waals surface area contributed by atoms with E-state index in [0.29, 0.717) is 11.7 Å². The van der Waals surface area contributed by atoms with Crippen molar-refractivity contribution in [2.45, 2.75) is 13.3 Å². The zero-order chi connectivity index (χ0) is 11.5. The molecule has 0 amide bonds. The van der Waals surface area contributed by atoms with Gasteiger partial charge in [-0.05, 0) is 19.1 Å². The number of rotatable bonds is 3. The highest BCUT2D eigenvalue weighted by atomic mass is 79.9. The predicted octanol–water partition coefficient (Wildman–Crippen LogP) is 2.63. The number of carbonyl (C=O) groups is 1. The van der Waals surface area contributed by atoms with Gasteiger partial charge in [0, 0.05) is 10.0 Å². The van der Waals surface area contributed by atoms with Gasteiger partial charge in [0.1, 0.15) is 5.78 Å². The Morgan fingerprint density at radius 3 is 3.00 bits per heavy atom. The van der Waals surface area contributed by atoms with Gasteiger partial charge in [0.05, 0.1) is 6.42 Å². The maximum atomic E-state index is 10.9. The fourth-order valence-corrected chi connectivity index (χ4v) is 1.68. The molecule has 0 atom stereocenters. The van der Waals surface area contributed by atoms with Crippen LogP contribution in [0.5, 0.6) is 0 Å². The number of aromatic nitrogens is 2. The Balaban J connectivity index is 2.28. The summed E-state index contributed by atoms with van der Waals surface area (Å²) in [6.45, 7) is 1.49. The lowest BCUT2D eigenvalue weighted by Gasteiger charge is -1.93. The van der Waals surface area contributed by atoms with Crippen molar-refractivity contribution in [2.24, 2.45) is 0 Å². The molecule has 0 aliphatic carbocycles. The lowest BCUT2D eigenvalue weighted by atomic mass is 10.2. The summed E-state index contributed by atoms with van der Waals surface area (Å²) in [7, 11) is 0. The minimum atomic E-state index is 0.00411. The van der Waals surface area contributed by atoms with Gasteiger partial charge in [-0.1, -0.05) is 33.2 Å². The van der Waals surface area contributed by atoms with Crippen molar-refractivity contribution in [3.8, 4) is 11.4 Å². The molecule has 2 rings (SSSR count). The average Bonchev–Trinajstić information content (AvgIpc) is 2.65. The Kier molecular flexibility index (Phi) is 3.14. The van der Waals surface area contributed by atoms with Crippen molar-refractivity contribution in [1.82, 2.24) is 10.1 Å². The summed E-state index contributed by atoms with van der Waals surface area (Å²) >= 11 is 3.37. The molecule has 0 aliphatic heterocycles. The van der Waals surface area contributed by atoms with Crippen LogP contribution < -0.4 is 0 Å². The summed E-state index contributed by atoms with van der Waals surface area (Å²) in [5.74, 6) is 0.851. The maximum Gasteiger partial charge on any atom is 0.234 e. The number of halogens is 1. The summed E-state index contributed by atoms with van der Waals surface area (Å²) < 4.78 is 5.92. The third-order valence-electron chi connectivity index (χ3n) is 1.95. The monoisotopic (exact) mass is 280 g/mol. The summed E-state index contributed by atoms with van der Waals surface area (Å²) in [5.41, 5.74) is 0.855. The zero-order valence-corrected chi connectivity index (χ0v) is 10.2. The quantitative estimate of drug-likeness (QED) is 0.867. The number of hydrogen-bond donors (Lipinski definition) is 0. The lowest BCUT2D eigenvalue weighted by molar-refractivity contribution is -0.116. The number of nitrogens with zero attached hydrogens (tertiary/aromatic N) is 2. The Bertz CT molecular complexity index is 522. The van der Waals surface area contributed by atoms with Crippen molar-refractivity contribution in [2.75, 3.05) is 0 Å². The molecule has 0 unspecified atom stereocenters. The molecule has 1 heterocycles. The Morgan fingerprint density at radius 1 is 1.50 bits per heavy atom. The molecule has 82 valence electrons. The van der Waals surface area contributed by atoms with E-state index in [0.717, 1.165) is 10.0 Å². The van der Waals surface area contributed by atoms with Gasteiger partial charge in [-0.15, -0.1) is 0 Å². The van der Waals surface area contributed by atoms with Crippen LogP contribution in [0.3, 0.4) is 0 Å². The van der Waals surface area contributed by atoms with Crippen molar-refractivity contribution in [1.29, 1.82) is 0 Å². The fraction of sp³-hybridized carbons (Fsp3) is 0.182. The number of Topliss-reactive ketones (excluding diaryl/α,β-unsaturated/α-hetero) is 1. The van der Waals surface area contributed by atoms with Crippen LogP contribution in [0.25, 0.3) is 11.4 Å². The standard InChI is InChI=1S/C11H9BrN2O2/c1-7(15)5-10-13-11(14-16-10)8-3-2-4-9(12)6-8/h2-4,6H,5H2,1H3. The van der Waals surface area contributed by atoms with Crippen LogP contribution in [0.4, 0.5) is 0 Å². The van der Waals surface area contributed by atoms with Crippen LogP contribution in [0, 0.1) is 0 Å². The largest absolute Gasteiger partial charge is 0.339 e. The summed E-state index contributed by atoms with van der Waals surface area (Å²) in [4.78, 5) is 15.0. The third-order valence-corrected chi connectivity index (χ3v) is 2.44. The van der Waals surface area contributed by atoms with Crippen LogP contribution in [0.1, 0.15) is 12.8 Å². The summed E-state index contributed by atoms with van der Waals surface area (Å²) in [6.07, 6.45) is 0.182. The van der Waals surface area contributed by atoms with E-state index >= 15 is 0 Å². The van der Waals surface area contributed by atoms with Crippen LogP contribution in [-0.2, 0) is 11.2 Å². The van der Waals surface area contributed by atoms with Gasteiger partial charge >= 0.3 is 0 Å². The highest BCUT2D eigenvalue weighted by molar-refractivity contribution is 9.10. The van der Waals surface area contributed by atoms with Gasteiger partial charge in [-0.3, -0.25) is 4.79 Å². The first-order chi connectivity index (χ1) is 7.65. The van der Waals surface area contributed by atoms with Gasteiger partial charge in [-0.2, -0.15) is 4.98 Å². The molecule has 5 heteroatoms. The molecule has 0 saturated heterocycles. The second kappa shape index (κ2) is 4.57. The second-order valence-electron chi connectivity index (χ2n) is 3.40. The molecule has 0 radical (unpaired) electrons. The van der Waals surface area contributed by atoms with E-state index in [1.807, 2.05) is 24.3 Å². The smallest absolute Gasteiger partial charge is 0.234 e. The molecule has 0 fully saturated rings. The maximum absolute atomic E-state index is 10.9. The first-order valence-electron chi connectivity index (χ1n) is 4.73. The molecule has 1 aromatic heterocycles. The first kappa shape index (κ1) is 11.0. The van der Waals surface area contributed by atoms with Crippen LogP contribution in [-0.4, -0.2) is 15.9 Å². The molecule has 0 bridgehead atoms. The van der Waals surface area contributed by atoms with Crippen molar-refractivity contribution >= 4 is 21.7 Å². The van der Waals surface area contributed by atoms with Crippen LogP contribution >= 0.6 is 15.9 Å². The molecule has 1 aromatic carbocycles. The minimum absolute atomic E-state index is 0.00411. The highest BCUT2D eigenvalue weighted by Gasteiger charge is 2.10. The van der Waals surface area contributed by atoms with Crippen molar-refractivity contribution < 1.29 is 9.32 Å². The molecule has 0 spiro atoms. The normalized spacial score (nSPS) is 10.4. The van der Waals surface area contributed by atoms with Crippen LogP contribution in [0.2, 0.25) is 0 Å². The SMILES string of the molecule is CC(=O)Cc1nc(-c2cccc(Br)c2)no1. The lowest BCUT2D eigenvalue weighted by Crippen LogP contribution is -1.95. The van der Waals surface area contributed by atoms with E-state index in [1.165, 1.54) is 6.92 Å². The average molecular weight is 281 g/mol. The predicted molar refractivity (Wildman–Crippen MR) is 61.8 cm³/mol. The molecule has 0 N–H and O–H groups in total. The van der Waals surface area contributed by atoms with Gasteiger partial charge in [0.2, 0.25) is 11.7 Å². The Morgan fingerprint density at radius 2 is 2.31 bits per heavy atom. The topological polar surface area (TPSA) is 56.0 Å². The van der Waals surface area contributed by atoms with Gasteiger partial charge < -0.3 is 4.52 Å². The fourth-order valence-electron chi connectivity index (χ4n) is 1.28. The zero-order valence-electron chi connectivity index (χ0n) is 8.61. The number of benzene rings is 1. The number of ketones is 1. The molecule has 2 aromatic rings. The number of hydrogen-bond acceptors (Lipinski definition) is 4. The van der Waals surface area contributed by atoms with E-state index in [1.54, 1.807) is 0 Å². The van der Waals surface area contributed by atoms with E-state index in [9.17, 15) is 4.79 Å². The van der Waals surface area contributed by atoms with Crippen molar-refractivity contribution in [3.63, 3.8) is 0 Å².